The number of carboxylic acids is 2. The summed E-state index contributed by atoms with van der Waals surface area (Å²) in [5.41, 5.74) is 0.750. The predicted octanol–water partition coefficient (Wildman–Crippen LogP) is -0.699. The van der Waals surface area contributed by atoms with Gasteiger partial charge in [0.15, 0.2) is 0 Å². The average Bonchev–Trinajstić information content (AvgIpc) is 2.74. The summed E-state index contributed by atoms with van der Waals surface area (Å²) in [5, 5.41) is 29.3. The van der Waals surface area contributed by atoms with Crippen LogP contribution in [0.1, 0.15) is 33.6 Å². The first kappa shape index (κ1) is 26.9. The molecule has 0 radical (unpaired) electrons. The van der Waals surface area contributed by atoms with Crippen LogP contribution in [0.15, 0.2) is 30.4 Å². The van der Waals surface area contributed by atoms with E-state index in [1.807, 2.05) is 25.1 Å². The summed E-state index contributed by atoms with van der Waals surface area (Å²) in [5.74, 6) is -1.36. The molecule has 0 aromatic heterocycles. The highest BCUT2D eigenvalue weighted by Gasteiger charge is 2.23. The number of aliphatic carboxylic acids is 2. The molecular formula is C22H32N2O8. The minimum Gasteiger partial charge on any atom is -0.545 e. The van der Waals surface area contributed by atoms with Crippen molar-refractivity contribution in [2.24, 2.45) is 0 Å². The van der Waals surface area contributed by atoms with Crippen molar-refractivity contribution in [2.75, 3.05) is 31.2 Å². The van der Waals surface area contributed by atoms with E-state index in [1.54, 1.807) is 4.90 Å². The molecule has 10 nitrogen and oxygen atoms in total. The van der Waals surface area contributed by atoms with E-state index in [0.29, 0.717) is 55.8 Å². The number of quaternary nitrogens is 1. The van der Waals surface area contributed by atoms with Crippen molar-refractivity contribution >= 4 is 23.5 Å². The molecule has 0 fully saturated rings. The number of hydrogen-bond acceptors (Lipinski definition) is 7. The lowest BCUT2D eigenvalue weighted by Gasteiger charge is -2.30. The van der Waals surface area contributed by atoms with Crippen LogP contribution in [0.2, 0.25) is 0 Å². The molecule has 0 bridgehead atoms. The lowest BCUT2D eigenvalue weighted by atomic mass is 10.2. The predicted molar refractivity (Wildman–Crippen MR) is 114 cm³/mol. The molecule has 4 N–H and O–H groups in total. The topological polar surface area (TPSA) is 153 Å². The van der Waals surface area contributed by atoms with Crippen LogP contribution in [0, 0.1) is 0 Å². The van der Waals surface area contributed by atoms with Crippen LogP contribution in [0.3, 0.4) is 0 Å². The summed E-state index contributed by atoms with van der Waals surface area (Å²) in [7, 11) is 0. The lowest BCUT2D eigenvalue weighted by molar-refractivity contribution is -0.688. The number of carbonyl (C=O) groups excluding carboxylic acids is 2. The smallest absolute Gasteiger partial charge is 0.328 e. The SMILES string of the molecule is CCCC(=O)N1CCOc2ccc(OCC(O)C[NH2+]C(C)C)cc21.O=C([O-])/C=C/C(=O)O. The number of nitrogens with two attached hydrogens (primary N) is 1. The Morgan fingerprint density at radius 1 is 1.31 bits per heavy atom. The van der Waals surface area contributed by atoms with Crippen molar-refractivity contribution in [3.8, 4) is 11.5 Å². The third-order valence-corrected chi connectivity index (χ3v) is 4.24. The van der Waals surface area contributed by atoms with Crippen molar-refractivity contribution < 1.29 is 44.5 Å². The lowest BCUT2D eigenvalue weighted by Crippen LogP contribution is -2.90. The normalized spacial score (nSPS) is 13.6. The summed E-state index contributed by atoms with van der Waals surface area (Å²) in [6, 6.07) is 5.90. The summed E-state index contributed by atoms with van der Waals surface area (Å²) >= 11 is 0. The van der Waals surface area contributed by atoms with E-state index in [0.717, 1.165) is 12.1 Å². The summed E-state index contributed by atoms with van der Waals surface area (Å²) in [6.07, 6.45) is 1.75. The number of aliphatic hydroxyl groups excluding tert-OH is 1. The van der Waals surface area contributed by atoms with Gasteiger partial charge in [-0.3, -0.25) is 4.79 Å². The van der Waals surface area contributed by atoms with Gasteiger partial charge in [0.05, 0.1) is 24.2 Å². The van der Waals surface area contributed by atoms with Gasteiger partial charge in [-0.2, -0.15) is 0 Å². The maximum atomic E-state index is 12.3. The highest BCUT2D eigenvalue weighted by molar-refractivity contribution is 5.95. The first-order valence-corrected chi connectivity index (χ1v) is 10.5. The number of hydrogen-bond donors (Lipinski definition) is 3. The Labute approximate surface area is 187 Å². The zero-order valence-corrected chi connectivity index (χ0v) is 18.7. The number of amides is 1. The second kappa shape index (κ2) is 14.0. The highest BCUT2D eigenvalue weighted by Crippen LogP contribution is 2.35. The van der Waals surface area contributed by atoms with E-state index >= 15 is 0 Å². The van der Waals surface area contributed by atoms with Crippen LogP contribution in [0.25, 0.3) is 0 Å². The van der Waals surface area contributed by atoms with Gasteiger partial charge in [-0.25, -0.2) is 4.79 Å². The zero-order valence-electron chi connectivity index (χ0n) is 18.7. The monoisotopic (exact) mass is 452 g/mol. The van der Waals surface area contributed by atoms with E-state index < -0.39 is 18.0 Å². The van der Waals surface area contributed by atoms with Crippen molar-refractivity contribution in [3.05, 3.63) is 30.4 Å². The third kappa shape index (κ3) is 10.3. The fraction of sp³-hybridized carbons (Fsp3) is 0.500. The standard InChI is InChI=1S/C18H28N2O4.C4H4O4/c1-4-5-18(22)20-8-9-23-17-7-6-15(10-16(17)20)24-12-14(21)11-19-13(2)3;5-3(6)1-2-4(7)8/h6-7,10,13-14,19,21H,4-5,8-9,11-12H2,1-3H3;1-2H,(H,5,6)(H,7,8)/b;2-1+. The molecular weight excluding hydrogens is 420 g/mol. The molecule has 1 aliphatic heterocycles. The van der Waals surface area contributed by atoms with E-state index in [4.69, 9.17) is 14.6 Å². The second-order valence-electron chi connectivity index (χ2n) is 7.44. The number of rotatable bonds is 10. The molecule has 2 rings (SSSR count). The Kier molecular flexibility index (Phi) is 11.8. The fourth-order valence-corrected chi connectivity index (χ4v) is 2.72. The minimum atomic E-state index is -1.51. The molecule has 1 unspecified atom stereocenters. The molecule has 0 aliphatic carbocycles. The first-order valence-electron chi connectivity index (χ1n) is 10.5. The number of carbonyl (C=O) groups is 3. The number of nitrogens with zero attached hydrogens (tertiary/aromatic N) is 1. The maximum absolute atomic E-state index is 12.3. The summed E-state index contributed by atoms with van der Waals surface area (Å²) in [4.78, 5) is 33.0. The summed E-state index contributed by atoms with van der Waals surface area (Å²) in [6.45, 7) is 8.05. The van der Waals surface area contributed by atoms with Crippen LogP contribution in [0.5, 0.6) is 11.5 Å². The van der Waals surface area contributed by atoms with Crippen molar-refractivity contribution in [2.45, 2.75) is 45.8 Å². The molecule has 1 aliphatic rings. The average molecular weight is 453 g/mol. The molecule has 1 atom stereocenters. The van der Waals surface area contributed by atoms with Gasteiger partial charge >= 0.3 is 5.97 Å². The highest BCUT2D eigenvalue weighted by atomic mass is 16.5. The van der Waals surface area contributed by atoms with Gasteiger partial charge in [0.1, 0.15) is 37.4 Å². The maximum Gasteiger partial charge on any atom is 0.328 e. The van der Waals surface area contributed by atoms with Gasteiger partial charge in [0.25, 0.3) is 0 Å². The number of anilines is 1. The number of fused-ring (bicyclic) bond motifs is 1. The zero-order chi connectivity index (χ0) is 24.1. The minimum absolute atomic E-state index is 0.103. The van der Waals surface area contributed by atoms with Crippen LogP contribution < -0.4 is 24.8 Å². The largest absolute Gasteiger partial charge is 0.545 e. The van der Waals surface area contributed by atoms with Crippen molar-refractivity contribution in [3.63, 3.8) is 0 Å². The van der Waals surface area contributed by atoms with Crippen LogP contribution >= 0.6 is 0 Å². The number of ether oxygens (including phenoxy) is 2. The number of carboxylic acid groups (broad SMARTS) is 2. The Hall–Kier alpha value is -3.11. The second-order valence-corrected chi connectivity index (χ2v) is 7.44. The molecule has 1 amide bonds. The van der Waals surface area contributed by atoms with Crippen LogP contribution in [-0.2, 0) is 14.4 Å². The quantitative estimate of drug-likeness (QED) is 0.394. The van der Waals surface area contributed by atoms with Gasteiger partial charge in [0.2, 0.25) is 5.91 Å². The van der Waals surface area contributed by atoms with Crippen LogP contribution in [0.4, 0.5) is 5.69 Å². The molecule has 1 aromatic carbocycles. The van der Waals surface area contributed by atoms with Gasteiger partial charge in [-0.1, -0.05) is 6.92 Å². The van der Waals surface area contributed by atoms with E-state index in [1.165, 1.54) is 0 Å². The van der Waals surface area contributed by atoms with Crippen LogP contribution in [-0.4, -0.2) is 66.5 Å². The number of aliphatic hydroxyl groups is 1. The molecule has 10 heteroatoms. The Bertz CT molecular complexity index is 778. The molecule has 32 heavy (non-hydrogen) atoms. The van der Waals surface area contributed by atoms with Gasteiger partial charge < -0.3 is 39.8 Å². The first-order chi connectivity index (χ1) is 15.1. The molecule has 1 heterocycles. The third-order valence-electron chi connectivity index (χ3n) is 4.24. The van der Waals surface area contributed by atoms with E-state index in [-0.39, 0.29) is 12.5 Å². The van der Waals surface area contributed by atoms with E-state index in [2.05, 4.69) is 19.2 Å². The Morgan fingerprint density at radius 2 is 2.03 bits per heavy atom. The Balaban J connectivity index is 0.000000547. The Morgan fingerprint density at radius 3 is 2.59 bits per heavy atom. The van der Waals surface area contributed by atoms with Gasteiger partial charge in [-0.05, 0) is 38.5 Å². The fourth-order valence-electron chi connectivity index (χ4n) is 2.72. The van der Waals surface area contributed by atoms with Crippen molar-refractivity contribution in [1.82, 2.24) is 0 Å². The molecule has 0 saturated heterocycles. The van der Waals surface area contributed by atoms with Crippen molar-refractivity contribution in [1.29, 1.82) is 0 Å². The summed E-state index contributed by atoms with van der Waals surface area (Å²) < 4.78 is 11.3. The number of benzene rings is 1. The van der Waals surface area contributed by atoms with Gasteiger partial charge in [0, 0.05) is 18.6 Å². The molecule has 1 aromatic rings. The molecule has 178 valence electrons. The van der Waals surface area contributed by atoms with Gasteiger partial charge in [-0.15, -0.1) is 0 Å². The molecule has 0 spiro atoms. The molecule has 0 saturated carbocycles. The van der Waals surface area contributed by atoms with E-state index in [9.17, 15) is 24.6 Å².